The third-order valence-corrected chi connectivity index (χ3v) is 6.80. The van der Waals surface area contributed by atoms with E-state index in [0.29, 0.717) is 18.7 Å². The summed E-state index contributed by atoms with van der Waals surface area (Å²) in [7, 11) is -3.67. The highest BCUT2D eigenvalue weighted by atomic mass is 32.2. The molecule has 0 unspecified atom stereocenters. The van der Waals surface area contributed by atoms with Gasteiger partial charge in [0.1, 0.15) is 0 Å². The molecule has 1 fully saturated rings. The van der Waals surface area contributed by atoms with E-state index in [4.69, 9.17) is 0 Å². The van der Waals surface area contributed by atoms with Gasteiger partial charge in [-0.3, -0.25) is 9.59 Å². The first-order valence-corrected chi connectivity index (χ1v) is 12.0. The smallest absolute Gasteiger partial charge is 0.251 e. The lowest BCUT2D eigenvalue weighted by Crippen LogP contribution is -2.51. The van der Waals surface area contributed by atoms with Crippen LogP contribution >= 0.6 is 0 Å². The summed E-state index contributed by atoms with van der Waals surface area (Å²) in [5.41, 5.74) is 0.819. The van der Waals surface area contributed by atoms with Crippen molar-refractivity contribution in [3.63, 3.8) is 0 Å². The molecule has 0 aromatic heterocycles. The van der Waals surface area contributed by atoms with E-state index in [9.17, 15) is 18.0 Å². The summed E-state index contributed by atoms with van der Waals surface area (Å²) >= 11 is 0. The molecule has 1 saturated heterocycles. The third-order valence-electron chi connectivity index (χ3n) is 5.02. The number of benzene rings is 2. The lowest BCUT2D eigenvalue weighted by atomic mass is 10.1. The van der Waals surface area contributed by atoms with Crippen molar-refractivity contribution in [2.45, 2.75) is 31.2 Å². The summed E-state index contributed by atoms with van der Waals surface area (Å²) in [6.45, 7) is 7.83. The van der Waals surface area contributed by atoms with Gasteiger partial charge in [0.05, 0.1) is 11.4 Å². The van der Waals surface area contributed by atoms with Crippen LogP contribution in [0.3, 0.4) is 0 Å². The van der Waals surface area contributed by atoms with Crippen molar-refractivity contribution in [1.29, 1.82) is 0 Å². The highest BCUT2D eigenvalue weighted by Gasteiger charge is 2.23. The Morgan fingerprint density at radius 3 is 2.06 bits per heavy atom. The van der Waals surface area contributed by atoms with Gasteiger partial charge in [0.15, 0.2) is 0 Å². The molecular formula is C23H30N4O4S. The molecule has 1 aliphatic heterocycles. The zero-order valence-corrected chi connectivity index (χ0v) is 19.5. The predicted molar refractivity (Wildman–Crippen MR) is 124 cm³/mol. The standard InChI is InChI=1S/C23H30N4O4S/c1-23(2,3)25-32(30,31)20-11-9-18(10-12-20)22(29)24-17-21(28)27-15-13-26(14-16-27)19-7-5-4-6-8-19/h4-12,25H,13-17H2,1-3H3,(H,24,29). The minimum atomic E-state index is -3.67. The van der Waals surface area contributed by atoms with E-state index < -0.39 is 21.5 Å². The summed E-state index contributed by atoms with van der Waals surface area (Å²) in [6.07, 6.45) is 0. The molecule has 9 heteroatoms. The van der Waals surface area contributed by atoms with Gasteiger partial charge in [-0.05, 0) is 57.2 Å². The van der Waals surface area contributed by atoms with E-state index >= 15 is 0 Å². The van der Waals surface area contributed by atoms with Crippen LogP contribution in [-0.2, 0) is 14.8 Å². The first-order chi connectivity index (χ1) is 15.0. The van der Waals surface area contributed by atoms with E-state index in [2.05, 4.69) is 14.9 Å². The number of amides is 2. The Balaban J connectivity index is 1.50. The first kappa shape index (κ1) is 23.7. The lowest BCUT2D eigenvalue weighted by molar-refractivity contribution is -0.130. The molecule has 1 heterocycles. The molecule has 0 saturated carbocycles. The fourth-order valence-corrected chi connectivity index (χ4v) is 4.89. The summed E-state index contributed by atoms with van der Waals surface area (Å²) in [4.78, 5) is 29.0. The summed E-state index contributed by atoms with van der Waals surface area (Å²) < 4.78 is 27.3. The number of piperazine rings is 1. The first-order valence-electron chi connectivity index (χ1n) is 10.6. The van der Waals surface area contributed by atoms with Crippen LogP contribution in [0.2, 0.25) is 0 Å². The molecule has 0 aliphatic carbocycles. The Kier molecular flexibility index (Phi) is 7.20. The van der Waals surface area contributed by atoms with Gasteiger partial charge in [0.25, 0.3) is 5.91 Å². The van der Waals surface area contributed by atoms with Crippen molar-refractivity contribution in [2.24, 2.45) is 0 Å². The second kappa shape index (κ2) is 9.70. The fraction of sp³-hybridized carbons (Fsp3) is 0.391. The number of anilines is 1. The molecule has 2 aromatic carbocycles. The highest BCUT2D eigenvalue weighted by Crippen LogP contribution is 2.16. The molecule has 2 N–H and O–H groups in total. The van der Waals surface area contributed by atoms with Crippen LogP contribution in [0.15, 0.2) is 59.5 Å². The zero-order valence-electron chi connectivity index (χ0n) is 18.7. The number of hydrogen-bond acceptors (Lipinski definition) is 5. The SMILES string of the molecule is CC(C)(C)NS(=O)(=O)c1ccc(C(=O)NCC(=O)N2CCN(c3ccccc3)CC2)cc1. The molecule has 2 aromatic rings. The van der Waals surface area contributed by atoms with Crippen LogP contribution in [0.25, 0.3) is 0 Å². The summed E-state index contributed by atoms with van der Waals surface area (Å²) in [6, 6.07) is 15.7. The molecule has 1 aliphatic rings. The normalized spacial score (nSPS) is 14.8. The summed E-state index contributed by atoms with van der Waals surface area (Å²) in [5.74, 6) is -0.561. The predicted octanol–water partition coefficient (Wildman–Crippen LogP) is 1.84. The van der Waals surface area contributed by atoms with Crippen molar-refractivity contribution in [3.05, 3.63) is 60.2 Å². The molecule has 8 nitrogen and oxygen atoms in total. The monoisotopic (exact) mass is 458 g/mol. The Morgan fingerprint density at radius 2 is 1.50 bits per heavy atom. The number of para-hydroxylation sites is 1. The van der Waals surface area contributed by atoms with Crippen LogP contribution in [-0.4, -0.2) is 63.4 Å². The van der Waals surface area contributed by atoms with Gasteiger partial charge in [-0.2, -0.15) is 0 Å². The van der Waals surface area contributed by atoms with E-state index in [1.165, 1.54) is 24.3 Å². The number of sulfonamides is 1. The topological polar surface area (TPSA) is 98.8 Å². The van der Waals surface area contributed by atoms with Crippen molar-refractivity contribution in [3.8, 4) is 0 Å². The van der Waals surface area contributed by atoms with Gasteiger partial charge in [-0.15, -0.1) is 0 Å². The van der Waals surface area contributed by atoms with Crippen LogP contribution < -0.4 is 14.9 Å². The van der Waals surface area contributed by atoms with Crippen LogP contribution in [0, 0.1) is 0 Å². The van der Waals surface area contributed by atoms with E-state index in [1.54, 1.807) is 25.7 Å². The van der Waals surface area contributed by atoms with Crippen molar-refractivity contribution >= 4 is 27.5 Å². The van der Waals surface area contributed by atoms with Gasteiger partial charge in [-0.25, -0.2) is 13.1 Å². The van der Waals surface area contributed by atoms with Crippen molar-refractivity contribution in [2.75, 3.05) is 37.6 Å². The minimum absolute atomic E-state index is 0.0799. The number of nitrogens with zero attached hydrogens (tertiary/aromatic N) is 2. The van der Waals surface area contributed by atoms with E-state index in [-0.39, 0.29) is 17.3 Å². The largest absolute Gasteiger partial charge is 0.368 e. The summed E-state index contributed by atoms with van der Waals surface area (Å²) in [5, 5.41) is 2.63. The van der Waals surface area contributed by atoms with Crippen LogP contribution in [0.1, 0.15) is 31.1 Å². The minimum Gasteiger partial charge on any atom is -0.368 e. The Bertz CT molecular complexity index is 1040. The number of rotatable bonds is 6. The van der Waals surface area contributed by atoms with E-state index in [1.807, 2.05) is 30.3 Å². The van der Waals surface area contributed by atoms with Gasteiger partial charge >= 0.3 is 0 Å². The average Bonchev–Trinajstić information content (AvgIpc) is 2.76. The second-order valence-electron chi connectivity index (χ2n) is 8.77. The van der Waals surface area contributed by atoms with Crippen molar-refractivity contribution in [1.82, 2.24) is 14.9 Å². The van der Waals surface area contributed by atoms with Crippen LogP contribution in [0.4, 0.5) is 5.69 Å². The maximum Gasteiger partial charge on any atom is 0.251 e. The molecular weight excluding hydrogens is 428 g/mol. The fourth-order valence-electron chi connectivity index (χ4n) is 3.47. The molecule has 0 radical (unpaired) electrons. The number of nitrogens with one attached hydrogen (secondary N) is 2. The molecule has 2 amide bonds. The van der Waals surface area contributed by atoms with Crippen LogP contribution in [0.5, 0.6) is 0 Å². The van der Waals surface area contributed by atoms with Gasteiger partial charge < -0.3 is 15.1 Å². The highest BCUT2D eigenvalue weighted by molar-refractivity contribution is 7.89. The Labute approximate surface area is 189 Å². The quantitative estimate of drug-likeness (QED) is 0.688. The van der Waals surface area contributed by atoms with Gasteiger partial charge in [0.2, 0.25) is 15.9 Å². The third kappa shape index (κ3) is 6.30. The maximum atomic E-state index is 12.5. The van der Waals surface area contributed by atoms with Crippen molar-refractivity contribution < 1.29 is 18.0 Å². The second-order valence-corrected chi connectivity index (χ2v) is 10.4. The zero-order chi connectivity index (χ0) is 23.4. The van der Waals surface area contributed by atoms with Gasteiger partial charge in [0, 0.05) is 43.0 Å². The molecule has 0 atom stereocenters. The average molecular weight is 459 g/mol. The maximum absolute atomic E-state index is 12.5. The molecule has 32 heavy (non-hydrogen) atoms. The van der Waals surface area contributed by atoms with E-state index in [0.717, 1.165) is 18.8 Å². The Morgan fingerprint density at radius 1 is 0.906 bits per heavy atom. The number of hydrogen-bond donors (Lipinski definition) is 2. The Hall–Kier alpha value is -2.91. The number of carbonyl (C=O) groups excluding carboxylic acids is 2. The van der Waals surface area contributed by atoms with Gasteiger partial charge in [-0.1, -0.05) is 18.2 Å². The molecule has 3 rings (SSSR count). The number of carbonyl (C=O) groups is 2. The molecule has 0 spiro atoms. The molecule has 0 bridgehead atoms. The molecule has 172 valence electrons. The lowest BCUT2D eigenvalue weighted by Gasteiger charge is -2.36.